The normalized spacial score (nSPS) is 10.5. The summed E-state index contributed by atoms with van der Waals surface area (Å²) in [6.07, 6.45) is 5.73. The summed E-state index contributed by atoms with van der Waals surface area (Å²) in [6.45, 7) is 4.14. The summed E-state index contributed by atoms with van der Waals surface area (Å²) in [7, 11) is 0. The van der Waals surface area contributed by atoms with Gasteiger partial charge < -0.3 is 0 Å². The van der Waals surface area contributed by atoms with Crippen molar-refractivity contribution in [1.82, 2.24) is 4.98 Å². The Morgan fingerprint density at radius 2 is 2.29 bits per heavy atom. The fourth-order valence-electron chi connectivity index (χ4n) is 1.39. The van der Waals surface area contributed by atoms with Crippen LogP contribution >= 0.6 is 0 Å². The minimum absolute atomic E-state index is 0.351. The molecule has 0 aliphatic heterocycles. The minimum Gasteiger partial charge on any atom is -0.300 e. The third kappa shape index (κ3) is 4.17. The second-order valence-electron chi connectivity index (χ2n) is 4.00. The Morgan fingerprint density at radius 3 is 2.86 bits per heavy atom. The van der Waals surface area contributed by atoms with Crippen LogP contribution in [0.15, 0.2) is 24.5 Å². The van der Waals surface area contributed by atoms with Gasteiger partial charge in [0.05, 0.1) is 0 Å². The standard InChI is InChI=1S/C12H17NO/c1-10(2)8-12(14)6-5-11-4-3-7-13-9-11/h3-4,7,9-10H,5-6,8H2,1-2H3. The summed E-state index contributed by atoms with van der Waals surface area (Å²) < 4.78 is 0. The van der Waals surface area contributed by atoms with E-state index in [-0.39, 0.29) is 0 Å². The van der Waals surface area contributed by atoms with E-state index in [4.69, 9.17) is 0 Å². The van der Waals surface area contributed by atoms with Gasteiger partial charge in [0, 0.05) is 25.2 Å². The summed E-state index contributed by atoms with van der Waals surface area (Å²) in [5.41, 5.74) is 1.14. The van der Waals surface area contributed by atoms with Crippen LogP contribution in [0.3, 0.4) is 0 Å². The first-order chi connectivity index (χ1) is 6.68. The third-order valence-corrected chi connectivity index (χ3v) is 2.05. The van der Waals surface area contributed by atoms with Gasteiger partial charge in [0.25, 0.3) is 0 Å². The largest absolute Gasteiger partial charge is 0.300 e. The molecule has 0 aliphatic carbocycles. The topological polar surface area (TPSA) is 30.0 Å². The maximum absolute atomic E-state index is 11.4. The molecule has 0 bridgehead atoms. The molecule has 1 aromatic heterocycles. The number of rotatable bonds is 5. The number of Topliss-reactive ketones (excluding diaryl/α,β-unsaturated/α-hetero) is 1. The Labute approximate surface area is 85.4 Å². The van der Waals surface area contributed by atoms with Crippen LogP contribution in [0.4, 0.5) is 0 Å². The van der Waals surface area contributed by atoms with Crippen LogP contribution in [0.2, 0.25) is 0 Å². The van der Waals surface area contributed by atoms with Gasteiger partial charge in [-0.05, 0) is 24.0 Å². The summed E-state index contributed by atoms with van der Waals surface area (Å²) in [5, 5.41) is 0. The van der Waals surface area contributed by atoms with E-state index in [1.807, 2.05) is 18.3 Å². The summed E-state index contributed by atoms with van der Waals surface area (Å²) >= 11 is 0. The molecule has 0 fully saturated rings. The first-order valence-electron chi connectivity index (χ1n) is 5.09. The molecule has 0 aromatic carbocycles. The molecule has 0 aliphatic rings. The molecule has 14 heavy (non-hydrogen) atoms. The highest BCUT2D eigenvalue weighted by molar-refractivity contribution is 5.78. The molecular weight excluding hydrogens is 174 g/mol. The van der Waals surface area contributed by atoms with Gasteiger partial charge in [-0.25, -0.2) is 0 Å². The van der Waals surface area contributed by atoms with E-state index >= 15 is 0 Å². The van der Waals surface area contributed by atoms with Crippen LogP contribution in [0, 0.1) is 5.92 Å². The van der Waals surface area contributed by atoms with Gasteiger partial charge in [0.2, 0.25) is 0 Å². The highest BCUT2D eigenvalue weighted by Gasteiger charge is 2.04. The number of nitrogens with zero attached hydrogens (tertiary/aromatic N) is 1. The number of carbonyl (C=O) groups is 1. The number of hydrogen-bond acceptors (Lipinski definition) is 2. The van der Waals surface area contributed by atoms with Gasteiger partial charge in [-0.1, -0.05) is 19.9 Å². The second-order valence-corrected chi connectivity index (χ2v) is 4.00. The zero-order chi connectivity index (χ0) is 10.4. The lowest BCUT2D eigenvalue weighted by molar-refractivity contribution is -0.119. The van der Waals surface area contributed by atoms with Crippen LogP contribution in [-0.2, 0) is 11.2 Å². The van der Waals surface area contributed by atoms with Crippen LogP contribution in [0.1, 0.15) is 32.3 Å². The molecule has 0 unspecified atom stereocenters. The van der Waals surface area contributed by atoms with Crippen molar-refractivity contribution in [2.24, 2.45) is 5.92 Å². The summed E-state index contributed by atoms with van der Waals surface area (Å²) in [5.74, 6) is 0.820. The Bertz CT molecular complexity index is 280. The zero-order valence-corrected chi connectivity index (χ0v) is 8.86. The van der Waals surface area contributed by atoms with Crippen molar-refractivity contribution in [1.29, 1.82) is 0 Å². The fraction of sp³-hybridized carbons (Fsp3) is 0.500. The molecular formula is C12H17NO. The number of aryl methyl sites for hydroxylation is 1. The van der Waals surface area contributed by atoms with Crippen molar-refractivity contribution in [3.63, 3.8) is 0 Å². The second kappa shape index (κ2) is 5.53. The molecule has 2 nitrogen and oxygen atoms in total. The Morgan fingerprint density at radius 1 is 1.50 bits per heavy atom. The Hall–Kier alpha value is -1.18. The van der Waals surface area contributed by atoms with E-state index in [0.717, 1.165) is 12.0 Å². The van der Waals surface area contributed by atoms with E-state index < -0.39 is 0 Å². The van der Waals surface area contributed by atoms with Crippen LogP contribution in [0.5, 0.6) is 0 Å². The van der Waals surface area contributed by atoms with Crippen molar-refractivity contribution in [3.8, 4) is 0 Å². The first-order valence-corrected chi connectivity index (χ1v) is 5.09. The average Bonchev–Trinajstić information content (AvgIpc) is 2.15. The molecule has 0 N–H and O–H groups in total. The van der Waals surface area contributed by atoms with E-state index in [1.165, 1.54) is 0 Å². The molecule has 0 radical (unpaired) electrons. The van der Waals surface area contributed by atoms with Gasteiger partial charge >= 0.3 is 0 Å². The van der Waals surface area contributed by atoms with E-state index in [9.17, 15) is 4.79 Å². The molecule has 0 saturated heterocycles. The number of pyridine rings is 1. The van der Waals surface area contributed by atoms with E-state index in [2.05, 4.69) is 18.8 Å². The van der Waals surface area contributed by atoms with Crippen molar-refractivity contribution in [2.75, 3.05) is 0 Å². The van der Waals surface area contributed by atoms with Crippen LogP contribution < -0.4 is 0 Å². The minimum atomic E-state index is 0.351. The molecule has 1 rings (SSSR count). The average molecular weight is 191 g/mol. The van der Waals surface area contributed by atoms with E-state index in [0.29, 0.717) is 24.5 Å². The van der Waals surface area contributed by atoms with Gasteiger partial charge in [-0.15, -0.1) is 0 Å². The van der Waals surface area contributed by atoms with Crippen LogP contribution in [-0.4, -0.2) is 10.8 Å². The van der Waals surface area contributed by atoms with Crippen molar-refractivity contribution in [2.45, 2.75) is 33.1 Å². The van der Waals surface area contributed by atoms with Gasteiger partial charge in [0.1, 0.15) is 5.78 Å². The van der Waals surface area contributed by atoms with Crippen molar-refractivity contribution >= 4 is 5.78 Å². The number of carbonyl (C=O) groups excluding carboxylic acids is 1. The molecule has 1 heterocycles. The lowest BCUT2D eigenvalue weighted by atomic mass is 10.0. The number of hydrogen-bond donors (Lipinski definition) is 0. The smallest absolute Gasteiger partial charge is 0.133 e. The molecule has 0 spiro atoms. The summed E-state index contributed by atoms with van der Waals surface area (Å²) in [6, 6.07) is 3.91. The molecule has 0 saturated carbocycles. The zero-order valence-electron chi connectivity index (χ0n) is 8.86. The lowest BCUT2D eigenvalue weighted by Gasteiger charge is -2.03. The maximum Gasteiger partial charge on any atom is 0.133 e. The lowest BCUT2D eigenvalue weighted by Crippen LogP contribution is -2.04. The quantitative estimate of drug-likeness (QED) is 0.716. The number of ketones is 1. The monoisotopic (exact) mass is 191 g/mol. The Kier molecular flexibility index (Phi) is 4.30. The molecule has 0 amide bonds. The highest BCUT2D eigenvalue weighted by atomic mass is 16.1. The molecule has 0 atom stereocenters. The highest BCUT2D eigenvalue weighted by Crippen LogP contribution is 2.06. The van der Waals surface area contributed by atoms with Crippen molar-refractivity contribution in [3.05, 3.63) is 30.1 Å². The Balaban J connectivity index is 2.31. The number of aromatic nitrogens is 1. The predicted octanol–water partition coefficient (Wildman–Crippen LogP) is 2.63. The van der Waals surface area contributed by atoms with Gasteiger partial charge in [0.15, 0.2) is 0 Å². The van der Waals surface area contributed by atoms with Crippen LogP contribution in [0.25, 0.3) is 0 Å². The molecule has 76 valence electrons. The van der Waals surface area contributed by atoms with Crippen molar-refractivity contribution < 1.29 is 4.79 Å². The first kappa shape index (κ1) is 10.9. The third-order valence-electron chi connectivity index (χ3n) is 2.05. The SMILES string of the molecule is CC(C)CC(=O)CCc1cccnc1. The fourth-order valence-corrected chi connectivity index (χ4v) is 1.39. The van der Waals surface area contributed by atoms with Gasteiger partial charge in [-0.3, -0.25) is 9.78 Å². The molecule has 1 aromatic rings. The van der Waals surface area contributed by atoms with E-state index in [1.54, 1.807) is 6.20 Å². The molecule has 2 heteroatoms. The maximum atomic E-state index is 11.4. The summed E-state index contributed by atoms with van der Waals surface area (Å²) in [4.78, 5) is 15.4. The predicted molar refractivity (Wildman–Crippen MR) is 57.0 cm³/mol. The van der Waals surface area contributed by atoms with Gasteiger partial charge in [-0.2, -0.15) is 0 Å².